The first-order valence-electron chi connectivity index (χ1n) is 6.82. The number of hydrogen-bond donors (Lipinski definition) is 1. The lowest BCUT2D eigenvalue weighted by molar-refractivity contribution is 0.0903. The molecule has 2 aliphatic heterocycles. The Morgan fingerprint density at radius 1 is 1.30 bits per heavy atom. The number of fused-ring (bicyclic) bond motifs is 1. The number of carbonyl (C=O) groups excluding carboxylic acids is 1. The third-order valence-electron chi connectivity index (χ3n) is 3.35. The van der Waals surface area contributed by atoms with Gasteiger partial charge in [0.05, 0.1) is 6.54 Å². The second-order valence-corrected chi connectivity index (χ2v) is 6.01. The first kappa shape index (κ1) is 13.4. The van der Waals surface area contributed by atoms with Gasteiger partial charge in [-0.25, -0.2) is 4.79 Å². The molecule has 2 aliphatic rings. The smallest absolute Gasteiger partial charge is 0.317 e. The van der Waals surface area contributed by atoms with Crippen molar-refractivity contribution < 1.29 is 14.3 Å². The second kappa shape index (κ2) is 6.26. The number of hydrogen-bond acceptors (Lipinski definition) is 4. The Morgan fingerprint density at radius 3 is 2.85 bits per heavy atom. The van der Waals surface area contributed by atoms with Crippen LogP contribution in [0.15, 0.2) is 24.3 Å². The van der Waals surface area contributed by atoms with E-state index in [1.165, 1.54) is 0 Å². The molecule has 3 rings (SSSR count). The summed E-state index contributed by atoms with van der Waals surface area (Å²) in [6.07, 6.45) is -0.131. The van der Waals surface area contributed by atoms with E-state index in [4.69, 9.17) is 9.47 Å². The fraction of sp³-hybridized carbons (Fsp3) is 0.500. The Bertz CT molecular complexity index is 477. The summed E-state index contributed by atoms with van der Waals surface area (Å²) >= 11 is 1.89. The number of amides is 2. The highest BCUT2D eigenvalue weighted by atomic mass is 32.2. The molecule has 1 N–H and O–H groups in total. The van der Waals surface area contributed by atoms with Crippen molar-refractivity contribution in [1.82, 2.24) is 10.2 Å². The van der Waals surface area contributed by atoms with E-state index in [-0.39, 0.29) is 12.1 Å². The molecular weight excluding hydrogens is 276 g/mol. The van der Waals surface area contributed by atoms with Crippen molar-refractivity contribution in [2.24, 2.45) is 0 Å². The van der Waals surface area contributed by atoms with Gasteiger partial charge in [-0.15, -0.1) is 0 Å². The van der Waals surface area contributed by atoms with E-state index >= 15 is 0 Å². The number of para-hydroxylation sites is 2. The minimum absolute atomic E-state index is 0.00670. The van der Waals surface area contributed by atoms with Crippen LogP contribution in [0, 0.1) is 0 Å². The second-order valence-electron chi connectivity index (χ2n) is 4.78. The number of benzene rings is 1. The van der Waals surface area contributed by atoms with Gasteiger partial charge in [0.15, 0.2) is 17.6 Å². The Hall–Kier alpha value is -1.56. The van der Waals surface area contributed by atoms with E-state index in [1.54, 1.807) is 0 Å². The van der Waals surface area contributed by atoms with Gasteiger partial charge < -0.3 is 19.7 Å². The van der Waals surface area contributed by atoms with Crippen LogP contribution in [0.25, 0.3) is 0 Å². The predicted molar refractivity (Wildman–Crippen MR) is 78.6 cm³/mol. The van der Waals surface area contributed by atoms with Gasteiger partial charge in [0.25, 0.3) is 0 Å². The number of thioether (sulfide) groups is 1. The average molecular weight is 294 g/mol. The molecule has 1 saturated heterocycles. The van der Waals surface area contributed by atoms with E-state index in [1.807, 2.05) is 40.9 Å². The van der Waals surface area contributed by atoms with Crippen LogP contribution in [0.2, 0.25) is 0 Å². The zero-order chi connectivity index (χ0) is 13.8. The fourth-order valence-corrected chi connectivity index (χ4v) is 3.15. The molecule has 2 amide bonds. The molecule has 0 unspecified atom stereocenters. The highest BCUT2D eigenvalue weighted by Crippen LogP contribution is 2.30. The molecule has 0 bridgehead atoms. The summed E-state index contributed by atoms with van der Waals surface area (Å²) in [4.78, 5) is 13.9. The van der Waals surface area contributed by atoms with E-state index < -0.39 is 0 Å². The molecule has 5 nitrogen and oxygen atoms in total. The van der Waals surface area contributed by atoms with Gasteiger partial charge in [0, 0.05) is 24.6 Å². The first-order chi connectivity index (χ1) is 9.83. The van der Waals surface area contributed by atoms with Crippen molar-refractivity contribution in [3.05, 3.63) is 24.3 Å². The van der Waals surface area contributed by atoms with Gasteiger partial charge in [-0.05, 0) is 12.1 Å². The zero-order valence-electron chi connectivity index (χ0n) is 11.2. The van der Waals surface area contributed by atoms with Crippen LogP contribution in [0.3, 0.4) is 0 Å². The number of urea groups is 1. The van der Waals surface area contributed by atoms with E-state index in [0.29, 0.717) is 13.2 Å². The average Bonchev–Trinajstić information content (AvgIpc) is 2.53. The van der Waals surface area contributed by atoms with Gasteiger partial charge in [-0.1, -0.05) is 12.1 Å². The van der Waals surface area contributed by atoms with Crippen LogP contribution in [-0.4, -0.2) is 54.8 Å². The molecule has 0 radical (unpaired) electrons. The Kier molecular flexibility index (Phi) is 4.20. The molecular formula is C14H18N2O3S. The van der Waals surface area contributed by atoms with Crippen LogP contribution >= 0.6 is 11.8 Å². The number of carbonyl (C=O) groups is 1. The molecule has 0 aliphatic carbocycles. The minimum atomic E-state index is -0.131. The van der Waals surface area contributed by atoms with E-state index in [9.17, 15) is 4.79 Å². The van der Waals surface area contributed by atoms with Crippen LogP contribution < -0.4 is 14.8 Å². The molecule has 1 fully saturated rings. The lowest BCUT2D eigenvalue weighted by atomic mass is 10.2. The molecule has 108 valence electrons. The normalized spacial score (nSPS) is 21.4. The maximum absolute atomic E-state index is 12.0. The Morgan fingerprint density at radius 2 is 2.05 bits per heavy atom. The molecule has 1 aromatic carbocycles. The molecule has 20 heavy (non-hydrogen) atoms. The molecule has 0 spiro atoms. The number of nitrogens with zero attached hydrogens (tertiary/aromatic N) is 1. The fourth-order valence-electron chi connectivity index (χ4n) is 2.24. The monoisotopic (exact) mass is 294 g/mol. The van der Waals surface area contributed by atoms with Crippen LogP contribution in [-0.2, 0) is 0 Å². The largest absolute Gasteiger partial charge is 0.486 e. The third-order valence-corrected chi connectivity index (χ3v) is 4.29. The van der Waals surface area contributed by atoms with Gasteiger partial charge >= 0.3 is 6.03 Å². The first-order valence-corrected chi connectivity index (χ1v) is 7.97. The number of nitrogens with one attached hydrogen (secondary N) is 1. The topological polar surface area (TPSA) is 50.8 Å². The van der Waals surface area contributed by atoms with Gasteiger partial charge in [0.2, 0.25) is 0 Å². The van der Waals surface area contributed by atoms with Gasteiger partial charge in [-0.2, -0.15) is 11.8 Å². The molecule has 6 heteroatoms. The molecule has 1 aromatic rings. The zero-order valence-corrected chi connectivity index (χ0v) is 12.0. The Balaban J connectivity index is 1.49. The lowest BCUT2D eigenvalue weighted by Crippen LogP contribution is -2.48. The van der Waals surface area contributed by atoms with Crippen LogP contribution in [0.1, 0.15) is 0 Å². The predicted octanol–water partition coefficient (Wildman–Crippen LogP) is 1.58. The summed E-state index contributed by atoms with van der Waals surface area (Å²) in [5.74, 6) is 3.55. The van der Waals surface area contributed by atoms with Crippen molar-refractivity contribution in [2.75, 3.05) is 37.7 Å². The maximum Gasteiger partial charge on any atom is 0.317 e. The maximum atomic E-state index is 12.0. The lowest BCUT2D eigenvalue weighted by Gasteiger charge is -2.29. The highest BCUT2D eigenvalue weighted by Gasteiger charge is 2.22. The van der Waals surface area contributed by atoms with E-state index in [0.717, 1.165) is 36.1 Å². The standard InChI is InChI=1S/C14H18N2O3S/c17-14(16-5-7-20-8-6-16)15-9-11-10-18-12-3-1-2-4-13(12)19-11/h1-4,11H,5-10H2,(H,15,17)/t11-/m0/s1. The van der Waals surface area contributed by atoms with Crippen LogP contribution in [0.5, 0.6) is 11.5 Å². The molecule has 0 saturated carbocycles. The highest BCUT2D eigenvalue weighted by molar-refractivity contribution is 7.99. The van der Waals surface area contributed by atoms with Crippen molar-refractivity contribution in [3.8, 4) is 11.5 Å². The number of ether oxygens (including phenoxy) is 2. The van der Waals surface area contributed by atoms with E-state index in [2.05, 4.69) is 5.32 Å². The van der Waals surface area contributed by atoms with Crippen molar-refractivity contribution in [2.45, 2.75) is 6.10 Å². The summed E-state index contributed by atoms with van der Waals surface area (Å²) in [6.45, 7) is 2.58. The van der Waals surface area contributed by atoms with Gasteiger partial charge in [0.1, 0.15) is 6.61 Å². The van der Waals surface area contributed by atoms with Gasteiger partial charge in [-0.3, -0.25) is 0 Å². The summed E-state index contributed by atoms with van der Waals surface area (Å²) < 4.78 is 11.4. The quantitative estimate of drug-likeness (QED) is 0.900. The summed E-state index contributed by atoms with van der Waals surface area (Å²) in [5.41, 5.74) is 0. The summed E-state index contributed by atoms with van der Waals surface area (Å²) in [6, 6.07) is 7.58. The van der Waals surface area contributed by atoms with Crippen LogP contribution in [0.4, 0.5) is 4.79 Å². The third kappa shape index (κ3) is 3.12. The minimum Gasteiger partial charge on any atom is -0.486 e. The SMILES string of the molecule is O=C(NC[C@H]1COc2ccccc2O1)N1CCSCC1. The van der Waals surface area contributed by atoms with Crippen molar-refractivity contribution in [1.29, 1.82) is 0 Å². The molecule has 2 heterocycles. The summed E-state index contributed by atoms with van der Waals surface area (Å²) in [5, 5.41) is 2.93. The Labute approximate surface area is 122 Å². The summed E-state index contributed by atoms with van der Waals surface area (Å²) in [7, 11) is 0. The molecule has 1 atom stereocenters. The van der Waals surface area contributed by atoms with Crippen molar-refractivity contribution in [3.63, 3.8) is 0 Å². The van der Waals surface area contributed by atoms with Crippen molar-refractivity contribution >= 4 is 17.8 Å². The molecule has 0 aromatic heterocycles. The number of rotatable bonds is 2.